The quantitative estimate of drug-likeness (QED) is 0.505. The number of benzene rings is 1. The molecule has 6 heteroatoms. The van der Waals surface area contributed by atoms with E-state index in [2.05, 4.69) is 10.1 Å². The molecular weight excluding hydrogens is 345 g/mol. The number of aromatic nitrogens is 3. The molecule has 0 amide bonds. The van der Waals surface area contributed by atoms with E-state index in [4.69, 9.17) is 4.74 Å². The van der Waals surface area contributed by atoms with Crippen LogP contribution in [0.4, 0.5) is 4.39 Å². The summed E-state index contributed by atoms with van der Waals surface area (Å²) in [6.07, 6.45) is 5.35. The third-order valence-corrected chi connectivity index (χ3v) is 3.89. The zero-order valence-corrected chi connectivity index (χ0v) is 15.9. The Balaban J connectivity index is 1.86. The molecule has 0 saturated carbocycles. The van der Waals surface area contributed by atoms with Gasteiger partial charge in [0.05, 0.1) is 5.69 Å². The number of carbonyl (C=O) groups excluding carboxylic acids is 1. The van der Waals surface area contributed by atoms with Crippen LogP contribution >= 0.6 is 0 Å². The predicted molar refractivity (Wildman–Crippen MR) is 103 cm³/mol. The van der Waals surface area contributed by atoms with E-state index in [1.54, 1.807) is 49.7 Å². The summed E-state index contributed by atoms with van der Waals surface area (Å²) in [4.78, 5) is 16.0. The summed E-state index contributed by atoms with van der Waals surface area (Å²) in [5.41, 5.74) is 2.59. The smallest absolute Gasteiger partial charge is 0.331 e. The number of hydrogen-bond acceptors (Lipinski definition) is 4. The fourth-order valence-electron chi connectivity index (χ4n) is 2.69. The average molecular weight is 367 g/mol. The summed E-state index contributed by atoms with van der Waals surface area (Å²) in [5.74, 6) is -0.881. The van der Waals surface area contributed by atoms with Gasteiger partial charge in [-0.05, 0) is 57.0 Å². The fourth-order valence-corrected chi connectivity index (χ4v) is 2.69. The summed E-state index contributed by atoms with van der Waals surface area (Å²) in [6.45, 7) is 7.41. The van der Waals surface area contributed by atoms with Crippen molar-refractivity contribution in [1.82, 2.24) is 14.6 Å². The Hall–Kier alpha value is -3.02. The summed E-state index contributed by atoms with van der Waals surface area (Å²) in [6, 6.07) is 8.40. The minimum Gasteiger partial charge on any atom is -0.457 e. The van der Waals surface area contributed by atoms with E-state index < -0.39 is 17.4 Å². The maximum absolute atomic E-state index is 14.6. The van der Waals surface area contributed by atoms with Crippen LogP contribution in [-0.2, 0) is 16.0 Å². The number of fused-ring (bicyclic) bond motifs is 1. The summed E-state index contributed by atoms with van der Waals surface area (Å²) in [7, 11) is 0. The molecule has 0 aliphatic carbocycles. The van der Waals surface area contributed by atoms with E-state index in [0.29, 0.717) is 22.5 Å². The number of rotatable bonds is 4. The van der Waals surface area contributed by atoms with Gasteiger partial charge < -0.3 is 4.74 Å². The number of ether oxygens (including phenoxy) is 1. The second-order valence-electron chi connectivity index (χ2n) is 7.20. The minimum absolute atomic E-state index is 0.386. The Bertz CT molecular complexity index is 1020. The number of aryl methyl sites for hydroxylation is 1. The van der Waals surface area contributed by atoms with E-state index in [1.165, 1.54) is 18.2 Å². The molecule has 3 rings (SSSR count). The fraction of sp³-hybridized carbons (Fsp3) is 0.286. The van der Waals surface area contributed by atoms with Crippen molar-refractivity contribution in [3.8, 4) is 11.3 Å². The molecule has 0 unspecified atom stereocenters. The highest BCUT2D eigenvalue weighted by Crippen LogP contribution is 2.24. The van der Waals surface area contributed by atoms with Gasteiger partial charge in [0, 0.05) is 29.6 Å². The lowest BCUT2D eigenvalue weighted by Gasteiger charge is -2.17. The molecule has 0 spiro atoms. The van der Waals surface area contributed by atoms with Gasteiger partial charge in [0.2, 0.25) is 0 Å². The van der Waals surface area contributed by atoms with Crippen LogP contribution in [0.2, 0.25) is 0 Å². The zero-order valence-electron chi connectivity index (χ0n) is 15.9. The van der Waals surface area contributed by atoms with E-state index in [0.717, 1.165) is 12.1 Å². The van der Waals surface area contributed by atoms with Crippen LogP contribution in [0.1, 0.15) is 39.0 Å². The predicted octanol–water partition coefficient (Wildman–Crippen LogP) is 4.45. The normalized spacial score (nSPS) is 12.0. The molecule has 0 aliphatic heterocycles. The number of halogens is 1. The van der Waals surface area contributed by atoms with Crippen molar-refractivity contribution >= 4 is 17.7 Å². The van der Waals surface area contributed by atoms with E-state index in [9.17, 15) is 9.18 Å². The van der Waals surface area contributed by atoms with Crippen LogP contribution in [-0.4, -0.2) is 26.2 Å². The van der Waals surface area contributed by atoms with Crippen LogP contribution in [0.5, 0.6) is 0 Å². The molecule has 27 heavy (non-hydrogen) atoms. The third kappa shape index (κ3) is 4.39. The van der Waals surface area contributed by atoms with Crippen molar-refractivity contribution in [2.45, 2.75) is 39.7 Å². The van der Waals surface area contributed by atoms with Crippen molar-refractivity contribution in [3.05, 3.63) is 59.7 Å². The first-order valence-corrected chi connectivity index (χ1v) is 8.81. The maximum Gasteiger partial charge on any atom is 0.331 e. The Morgan fingerprint density at radius 1 is 1.26 bits per heavy atom. The first-order chi connectivity index (χ1) is 12.8. The lowest BCUT2D eigenvalue weighted by Crippen LogP contribution is -2.22. The Kier molecular flexibility index (Phi) is 5.08. The van der Waals surface area contributed by atoms with Crippen molar-refractivity contribution in [1.29, 1.82) is 0 Å². The molecule has 0 aliphatic rings. The van der Waals surface area contributed by atoms with Crippen LogP contribution in [0.3, 0.4) is 0 Å². The molecule has 2 aromatic heterocycles. The molecule has 0 radical (unpaired) electrons. The van der Waals surface area contributed by atoms with Crippen LogP contribution in [0.25, 0.3) is 23.0 Å². The highest BCUT2D eigenvalue weighted by Gasteiger charge is 2.14. The number of esters is 1. The Morgan fingerprint density at radius 2 is 2.04 bits per heavy atom. The lowest BCUT2D eigenvalue weighted by atomic mass is 10.1. The molecule has 0 fully saturated rings. The van der Waals surface area contributed by atoms with Crippen molar-refractivity contribution in [3.63, 3.8) is 0 Å². The second kappa shape index (κ2) is 7.31. The summed E-state index contributed by atoms with van der Waals surface area (Å²) >= 11 is 0. The van der Waals surface area contributed by atoms with Gasteiger partial charge in [0.1, 0.15) is 11.4 Å². The van der Waals surface area contributed by atoms with Gasteiger partial charge in [-0.3, -0.25) is 0 Å². The lowest BCUT2D eigenvalue weighted by molar-refractivity contribution is -0.148. The standard InChI is InChI=1S/C21H22FN3O2/c1-5-15-10-11-23-19-13-18(24-25(15)19)16-8-6-14(12-17(16)22)7-9-20(26)27-21(2,3)4/h6-13H,5H2,1-4H3/b9-7+. The topological polar surface area (TPSA) is 56.5 Å². The zero-order chi connectivity index (χ0) is 19.6. The highest BCUT2D eigenvalue weighted by molar-refractivity contribution is 5.87. The Morgan fingerprint density at radius 3 is 2.70 bits per heavy atom. The highest BCUT2D eigenvalue weighted by atomic mass is 19.1. The molecule has 140 valence electrons. The Labute approximate surface area is 157 Å². The van der Waals surface area contributed by atoms with Crippen molar-refractivity contribution in [2.75, 3.05) is 0 Å². The SMILES string of the molecule is CCc1ccnc2cc(-c3ccc(/C=C/C(=O)OC(C)(C)C)cc3F)nn12. The molecule has 0 atom stereocenters. The number of nitrogens with zero attached hydrogens (tertiary/aromatic N) is 3. The van der Waals surface area contributed by atoms with Gasteiger partial charge in [0.15, 0.2) is 5.65 Å². The van der Waals surface area contributed by atoms with Gasteiger partial charge in [-0.1, -0.05) is 13.0 Å². The summed E-state index contributed by atoms with van der Waals surface area (Å²) in [5, 5.41) is 4.48. The van der Waals surface area contributed by atoms with E-state index in [1.807, 2.05) is 13.0 Å². The molecular formula is C21H22FN3O2. The maximum atomic E-state index is 14.6. The monoisotopic (exact) mass is 367 g/mol. The van der Waals surface area contributed by atoms with E-state index >= 15 is 0 Å². The average Bonchev–Trinajstić information content (AvgIpc) is 3.02. The van der Waals surface area contributed by atoms with Gasteiger partial charge >= 0.3 is 5.97 Å². The van der Waals surface area contributed by atoms with Gasteiger partial charge in [0.25, 0.3) is 0 Å². The number of carbonyl (C=O) groups is 1. The van der Waals surface area contributed by atoms with Crippen LogP contribution in [0.15, 0.2) is 42.6 Å². The first kappa shape index (κ1) is 18.8. The largest absolute Gasteiger partial charge is 0.457 e. The minimum atomic E-state index is -0.564. The second-order valence-corrected chi connectivity index (χ2v) is 7.20. The van der Waals surface area contributed by atoms with Gasteiger partial charge in [-0.2, -0.15) is 5.10 Å². The molecule has 1 aromatic carbocycles. The molecule has 0 bridgehead atoms. The third-order valence-electron chi connectivity index (χ3n) is 3.89. The molecule has 2 heterocycles. The van der Waals surface area contributed by atoms with Crippen molar-refractivity contribution < 1.29 is 13.9 Å². The van der Waals surface area contributed by atoms with Crippen LogP contribution in [0, 0.1) is 5.82 Å². The molecule has 3 aromatic rings. The first-order valence-electron chi connectivity index (χ1n) is 8.81. The summed E-state index contributed by atoms with van der Waals surface area (Å²) < 4.78 is 21.5. The number of hydrogen-bond donors (Lipinski definition) is 0. The van der Waals surface area contributed by atoms with Crippen molar-refractivity contribution in [2.24, 2.45) is 0 Å². The van der Waals surface area contributed by atoms with Crippen LogP contribution < -0.4 is 0 Å². The molecule has 5 nitrogen and oxygen atoms in total. The van der Waals surface area contributed by atoms with E-state index in [-0.39, 0.29) is 0 Å². The molecule has 0 N–H and O–H groups in total. The molecule has 0 saturated heterocycles. The van der Waals surface area contributed by atoms with Gasteiger partial charge in [-0.15, -0.1) is 0 Å². The van der Waals surface area contributed by atoms with Gasteiger partial charge in [-0.25, -0.2) is 18.7 Å².